The quantitative estimate of drug-likeness (QED) is 0.623. The van der Waals surface area contributed by atoms with Crippen molar-refractivity contribution in [2.75, 3.05) is 13.1 Å². The summed E-state index contributed by atoms with van der Waals surface area (Å²) in [4.78, 5) is 6.90. The molecule has 0 saturated heterocycles. The average molecular weight is 365 g/mol. The third kappa shape index (κ3) is 3.35. The van der Waals surface area contributed by atoms with Gasteiger partial charge >= 0.3 is 0 Å². The normalized spacial score (nSPS) is 12.2. The number of hydrogen-bond acceptors (Lipinski definition) is 7. The van der Waals surface area contributed by atoms with Crippen molar-refractivity contribution in [2.24, 2.45) is 0 Å². The molecular weight excluding hydrogens is 346 g/mol. The van der Waals surface area contributed by atoms with E-state index in [1.54, 1.807) is 26.0 Å². The highest BCUT2D eigenvalue weighted by atomic mass is 32.2. The molecule has 2 heterocycles. The first-order chi connectivity index (χ1) is 12.0. The van der Waals surface area contributed by atoms with Crippen molar-refractivity contribution >= 4 is 21.1 Å². The fourth-order valence-electron chi connectivity index (χ4n) is 2.46. The van der Waals surface area contributed by atoms with Crippen molar-refractivity contribution in [3.8, 4) is 0 Å². The van der Waals surface area contributed by atoms with Crippen molar-refractivity contribution in [2.45, 2.75) is 32.3 Å². The second-order valence-corrected chi connectivity index (χ2v) is 7.35. The average Bonchev–Trinajstić information content (AvgIpc) is 3.19. The maximum absolute atomic E-state index is 12.7. The van der Waals surface area contributed by atoms with E-state index in [2.05, 4.69) is 15.5 Å². The molecule has 0 bridgehead atoms. The van der Waals surface area contributed by atoms with Gasteiger partial charge in [0, 0.05) is 19.2 Å². The van der Waals surface area contributed by atoms with Gasteiger partial charge in [0.25, 0.3) is 0 Å². The van der Waals surface area contributed by atoms with E-state index >= 15 is 0 Å². The summed E-state index contributed by atoms with van der Waals surface area (Å²) < 4.78 is 31.8. The van der Waals surface area contributed by atoms with Crippen molar-refractivity contribution in [1.29, 1.82) is 0 Å². The first kappa shape index (κ1) is 17.4. The minimum Gasteiger partial charge on any atom is -0.387 e. The van der Waals surface area contributed by atoms with Crippen LogP contribution in [-0.2, 0) is 16.6 Å². The van der Waals surface area contributed by atoms with Gasteiger partial charge in [-0.1, -0.05) is 23.8 Å². The Morgan fingerprint density at radius 2 is 2.00 bits per heavy atom. The number of sulfonamides is 1. The molecule has 0 unspecified atom stereocenters. The first-order valence-corrected chi connectivity index (χ1v) is 9.30. The van der Waals surface area contributed by atoms with Crippen LogP contribution in [0.1, 0.15) is 25.3 Å². The van der Waals surface area contributed by atoms with E-state index in [0.717, 1.165) is 5.69 Å². The molecule has 10 heteroatoms. The van der Waals surface area contributed by atoms with Crippen LogP contribution >= 0.6 is 0 Å². The van der Waals surface area contributed by atoms with E-state index in [9.17, 15) is 8.42 Å². The van der Waals surface area contributed by atoms with Gasteiger partial charge in [-0.05, 0) is 30.3 Å². The first-order valence-electron chi connectivity index (χ1n) is 7.86. The van der Waals surface area contributed by atoms with Gasteiger partial charge in [-0.15, -0.1) is 5.10 Å². The number of rotatable bonds is 7. The number of nitrogens with zero attached hydrogens (tertiary/aromatic N) is 5. The van der Waals surface area contributed by atoms with Crippen LogP contribution < -0.4 is 4.84 Å². The van der Waals surface area contributed by atoms with Gasteiger partial charge in [0.15, 0.2) is 12.4 Å². The van der Waals surface area contributed by atoms with Crippen LogP contribution in [0.3, 0.4) is 0 Å². The Balaban J connectivity index is 1.91. The van der Waals surface area contributed by atoms with Crippen LogP contribution in [0.5, 0.6) is 0 Å². The molecule has 0 amide bonds. The Bertz CT molecular complexity index is 975. The van der Waals surface area contributed by atoms with E-state index in [-0.39, 0.29) is 11.5 Å². The Labute approximate surface area is 145 Å². The zero-order valence-corrected chi connectivity index (χ0v) is 15.0. The van der Waals surface area contributed by atoms with Crippen LogP contribution in [0.25, 0.3) is 11.0 Å². The summed E-state index contributed by atoms with van der Waals surface area (Å²) in [5, 5.41) is 11.7. The molecule has 0 N–H and O–H groups in total. The molecule has 0 aliphatic heterocycles. The van der Waals surface area contributed by atoms with Crippen molar-refractivity contribution in [3.63, 3.8) is 0 Å². The number of fused-ring (bicyclic) bond motifs is 1. The lowest BCUT2D eigenvalue weighted by Gasteiger charge is -2.18. The van der Waals surface area contributed by atoms with E-state index in [0.29, 0.717) is 29.9 Å². The second-order valence-electron chi connectivity index (χ2n) is 5.41. The molecule has 1 aromatic carbocycles. The van der Waals surface area contributed by atoms with E-state index in [1.807, 2.05) is 6.92 Å². The SMILES string of the molecule is CCN(CC)S(=O)(=O)c1ccc2nnn(OCc3cc(C)no3)c2c1. The van der Waals surface area contributed by atoms with E-state index < -0.39 is 10.0 Å². The van der Waals surface area contributed by atoms with Crippen LogP contribution in [0.4, 0.5) is 0 Å². The summed E-state index contributed by atoms with van der Waals surface area (Å²) >= 11 is 0. The molecule has 0 aliphatic rings. The molecular formula is C15H19N5O4S. The third-order valence-electron chi connectivity index (χ3n) is 3.74. The van der Waals surface area contributed by atoms with Crippen LogP contribution in [-0.4, -0.2) is 46.1 Å². The zero-order chi connectivity index (χ0) is 18.0. The highest BCUT2D eigenvalue weighted by molar-refractivity contribution is 7.89. The monoisotopic (exact) mass is 365 g/mol. The van der Waals surface area contributed by atoms with Crippen LogP contribution in [0, 0.1) is 6.92 Å². The lowest BCUT2D eigenvalue weighted by molar-refractivity contribution is 0.0609. The standard InChI is InChI=1S/C15H19N5O4S/c1-4-19(5-2)25(21,22)13-6-7-14-15(9-13)20(18-16-14)23-10-12-8-11(3)17-24-12/h6-9H,4-5,10H2,1-3H3. The van der Waals surface area contributed by atoms with Crippen molar-refractivity contribution in [1.82, 2.24) is 24.6 Å². The summed E-state index contributed by atoms with van der Waals surface area (Å²) in [5.74, 6) is 0.535. The topological polar surface area (TPSA) is 103 Å². The summed E-state index contributed by atoms with van der Waals surface area (Å²) in [6.45, 7) is 6.31. The lowest BCUT2D eigenvalue weighted by Crippen LogP contribution is -2.30. The van der Waals surface area contributed by atoms with Gasteiger partial charge < -0.3 is 9.36 Å². The van der Waals surface area contributed by atoms with Gasteiger partial charge in [0.2, 0.25) is 10.0 Å². The lowest BCUT2D eigenvalue weighted by atomic mass is 10.3. The summed E-state index contributed by atoms with van der Waals surface area (Å²) in [6, 6.07) is 6.38. The van der Waals surface area contributed by atoms with Crippen molar-refractivity contribution < 1.29 is 17.8 Å². The molecule has 134 valence electrons. The van der Waals surface area contributed by atoms with Gasteiger partial charge in [-0.2, -0.15) is 4.31 Å². The minimum absolute atomic E-state index is 0.103. The summed E-state index contributed by atoms with van der Waals surface area (Å²) in [5.41, 5.74) is 1.74. The largest absolute Gasteiger partial charge is 0.387 e. The zero-order valence-electron chi connectivity index (χ0n) is 14.2. The van der Waals surface area contributed by atoms with Gasteiger partial charge in [0.1, 0.15) is 11.0 Å². The Hall–Kier alpha value is -2.46. The van der Waals surface area contributed by atoms with Gasteiger partial charge in [-0.3, -0.25) is 0 Å². The maximum Gasteiger partial charge on any atom is 0.243 e. The molecule has 0 saturated carbocycles. The summed E-state index contributed by atoms with van der Waals surface area (Å²) in [6.07, 6.45) is 0. The molecule has 0 fully saturated rings. The van der Waals surface area contributed by atoms with Crippen LogP contribution in [0.2, 0.25) is 0 Å². The molecule has 25 heavy (non-hydrogen) atoms. The van der Waals surface area contributed by atoms with Gasteiger partial charge in [0.05, 0.1) is 10.6 Å². The maximum atomic E-state index is 12.7. The third-order valence-corrected chi connectivity index (χ3v) is 5.78. The molecule has 9 nitrogen and oxygen atoms in total. The fourth-order valence-corrected chi connectivity index (χ4v) is 3.93. The van der Waals surface area contributed by atoms with E-state index in [1.165, 1.54) is 21.3 Å². The number of hydrogen-bond donors (Lipinski definition) is 0. The highest BCUT2D eigenvalue weighted by Gasteiger charge is 2.23. The predicted molar refractivity (Wildman–Crippen MR) is 89.2 cm³/mol. The number of aryl methyl sites for hydroxylation is 1. The predicted octanol–water partition coefficient (Wildman–Crippen LogP) is 1.39. The minimum atomic E-state index is -3.57. The number of aromatic nitrogens is 4. The molecule has 3 aromatic rings. The molecule has 3 rings (SSSR count). The summed E-state index contributed by atoms with van der Waals surface area (Å²) in [7, 11) is -3.57. The van der Waals surface area contributed by atoms with E-state index in [4.69, 9.17) is 9.36 Å². The molecule has 0 radical (unpaired) electrons. The van der Waals surface area contributed by atoms with Gasteiger partial charge in [-0.25, -0.2) is 8.42 Å². The number of benzene rings is 1. The highest BCUT2D eigenvalue weighted by Crippen LogP contribution is 2.20. The molecule has 0 atom stereocenters. The Morgan fingerprint density at radius 3 is 2.64 bits per heavy atom. The fraction of sp³-hybridized carbons (Fsp3) is 0.400. The Morgan fingerprint density at radius 1 is 1.24 bits per heavy atom. The van der Waals surface area contributed by atoms with Crippen molar-refractivity contribution in [3.05, 3.63) is 35.7 Å². The van der Waals surface area contributed by atoms with Crippen LogP contribution in [0.15, 0.2) is 33.7 Å². The second kappa shape index (κ2) is 6.81. The molecule has 2 aromatic heterocycles. The molecule has 0 spiro atoms. The Kier molecular flexibility index (Phi) is 4.73. The molecule has 0 aliphatic carbocycles. The smallest absolute Gasteiger partial charge is 0.243 e.